The zero-order valence-corrected chi connectivity index (χ0v) is 10.4. The SMILES string of the molecule is [Ni].[Ni].[Ni].[Ni].[Ni].[Ni].[Ni].[Ni]. The van der Waals surface area contributed by atoms with E-state index >= 15 is 0 Å². The van der Waals surface area contributed by atoms with Gasteiger partial charge in [0.15, 0.2) is 0 Å². The molecule has 0 aromatic rings. The molecule has 0 aliphatic heterocycles. The van der Waals surface area contributed by atoms with E-state index in [0.29, 0.717) is 0 Å². The predicted molar refractivity (Wildman–Crippen MR) is 0 cm³/mol. The summed E-state index contributed by atoms with van der Waals surface area (Å²) in [6.45, 7) is 0. The normalized spacial score (nSPS) is 0. The topological polar surface area (TPSA) is 0 Å². The Morgan fingerprint density at radius 3 is 0.125 bits per heavy atom. The molecule has 0 spiro atoms. The number of hydrogen-bond acceptors (Lipinski definition) is 0. The molecule has 0 aromatic heterocycles. The fourth-order valence-electron chi connectivity index (χ4n) is 0. The van der Waals surface area contributed by atoms with E-state index in [0.717, 1.165) is 0 Å². The third-order valence-corrected chi connectivity index (χ3v) is 0. The first-order chi connectivity index (χ1) is 0. The molecule has 0 atom stereocenters. The van der Waals surface area contributed by atoms with Gasteiger partial charge in [-0.2, -0.15) is 0 Å². The van der Waals surface area contributed by atoms with Crippen molar-refractivity contribution in [2.24, 2.45) is 0 Å². The Bertz CT molecular complexity index is 0. The van der Waals surface area contributed by atoms with E-state index in [1.54, 1.807) is 0 Å². The van der Waals surface area contributed by atoms with E-state index in [1.165, 1.54) is 0 Å². The van der Waals surface area contributed by atoms with Gasteiger partial charge in [-0.3, -0.25) is 0 Å². The van der Waals surface area contributed by atoms with Crippen LogP contribution in [0.15, 0.2) is 0 Å². The minimum atomic E-state index is 0. The van der Waals surface area contributed by atoms with Crippen molar-refractivity contribution >= 4 is 0 Å². The molecule has 0 bridgehead atoms. The van der Waals surface area contributed by atoms with Crippen LogP contribution in [-0.2, 0) is 132 Å². The van der Waals surface area contributed by atoms with Gasteiger partial charge >= 0.3 is 0 Å². The minimum Gasteiger partial charge on any atom is 0 e. The molecule has 0 unspecified atom stereocenters. The van der Waals surface area contributed by atoms with Crippen LogP contribution in [0.3, 0.4) is 0 Å². The number of hydrogen-bond donors (Lipinski definition) is 0. The first-order valence-electron chi connectivity index (χ1n) is 0. The molecule has 0 amide bonds. The van der Waals surface area contributed by atoms with Crippen molar-refractivity contribution in [1.82, 2.24) is 0 Å². The number of rotatable bonds is 0. The molecule has 8 heteroatoms. The Balaban J connectivity index is 0. The van der Waals surface area contributed by atoms with Crippen molar-refractivity contribution < 1.29 is 132 Å². The summed E-state index contributed by atoms with van der Waals surface area (Å²) in [7, 11) is 0. The molecule has 0 saturated carbocycles. The second-order valence-electron chi connectivity index (χ2n) is 0. The molecule has 0 saturated heterocycles. The van der Waals surface area contributed by atoms with Gasteiger partial charge in [0.1, 0.15) is 0 Å². The maximum absolute atomic E-state index is 0. The van der Waals surface area contributed by atoms with Gasteiger partial charge in [-0.05, 0) is 0 Å². The zero-order valence-electron chi connectivity index (χ0n) is 2.53. The van der Waals surface area contributed by atoms with Crippen LogP contribution in [-0.4, -0.2) is 0 Å². The van der Waals surface area contributed by atoms with Crippen LogP contribution in [0.2, 0.25) is 0 Å². The van der Waals surface area contributed by atoms with E-state index in [9.17, 15) is 0 Å². The summed E-state index contributed by atoms with van der Waals surface area (Å²) in [4.78, 5) is 0. The summed E-state index contributed by atoms with van der Waals surface area (Å²) in [6, 6.07) is 0. The van der Waals surface area contributed by atoms with Crippen LogP contribution in [0.4, 0.5) is 0 Å². The van der Waals surface area contributed by atoms with Crippen molar-refractivity contribution in [3.8, 4) is 0 Å². The molecule has 8 heavy (non-hydrogen) atoms. The van der Waals surface area contributed by atoms with Crippen LogP contribution in [0, 0.1) is 0 Å². The molecule has 0 nitrogen and oxygen atoms in total. The third kappa shape index (κ3) is 51.1. The summed E-state index contributed by atoms with van der Waals surface area (Å²) < 4.78 is 0. The smallest absolute Gasteiger partial charge is 0 e. The van der Waals surface area contributed by atoms with E-state index < -0.39 is 0 Å². The van der Waals surface area contributed by atoms with Gasteiger partial charge in [0, 0.05) is 132 Å². The van der Waals surface area contributed by atoms with E-state index in [4.69, 9.17) is 0 Å². The summed E-state index contributed by atoms with van der Waals surface area (Å²) in [5, 5.41) is 0. The first kappa shape index (κ1) is 91.9. The van der Waals surface area contributed by atoms with Crippen LogP contribution in [0.1, 0.15) is 0 Å². The van der Waals surface area contributed by atoms with Crippen LogP contribution in [0.25, 0.3) is 0 Å². The summed E-state index contributed by atoms with van der Waals surface area (Å²) in [5.74, 6) is 0. The van der Waals surface area contributed by atoms with Gasteiger partial charge in [0.25, 0.3) is 0 Å². The van der Waals surface area contributed by atoms with E-state index in [1.807, 2.05) is 0 Å². The fourth-order valence-corrected chi connectivity index (χ4v) is 0. The van der Waals surface area contributed by atoms with Gasteiger partial charge in [-0.15, -0.1) is 0 Å². The molecule has 0 heterocycles. The largest absolute Gasteiger partial charge is 0 e. The molecule has 80 valence electrons. The Kier molecular flexibility index (Phi) is 798. The third-order valence-electron chi connectivity index (χ3n) is 0. The average Bonchev–Trinajstić information content (AvgIpc) is 0. The Morgan fingerprint density at radius 1 is 0.125 bits per heavy atom. The van der Waals surface area contributed by atoms with Crippen LogP contribution in [0.5, 0.6) is 0 Å². The molecule has 0 rings (SSSR count). The van der Waals surface area contributed by atoms with Crippen molar-refractivity contribution in [2.45, 2.75) is 0 Å². The monoisotopic (exact) mass is 463 g/mol. The van der Waals surface area contributed by atoms with E-state index in [-0.39, 0.29) is 132 Å². The Hall–Kier alpha value is 3.95. The summed E-state index contributed by atoms with van der Waals surface area (Å²) >= 11 is 0. The quantitative estimate of drug-likeness (QED) is 0.438. The molecule has 0 aliphatic rings. The molecule has 0 aromatic carbocycles. The molecule has 0 N–H and O–H groups in total. The molecule has 0 fully saturated rings. The van der Waals surface area contributed by atoms with Crippen LogP contribution >= 0.6 is 0 Å². The molecular weight excluding hydrogens is 470 g/mol. The van der Waals surface area contributed by atoms with E-state index in [2.05, 4.69) is 0 Å². The van der Waals surface area contributed by atoms with Crippen molar-refractivity contribution in [3.63, 3.8) is 0 Å². The molecule has 0 aliphatic carbocycles. The summed E-state index contributed by atoms with van der Waals surface area (Å²) in [5.41, 5.74) is 0. The van der Waals surface area contributed by atoms with Crippen molar-refractivity contribution in [2.75, 3.05) is 0 Å². The Labute approximate surface area is 130 Å². The van der Waals surface area contributed by atoms with Gasteiger partial charge < -0.3 is 0 Å². The molecular formula is Ni8. The fraction of sp³-hybridized carbons (Fsp3) is 0. The standard InChI is InChI=1S/8Ni. The van der Waals surface area contributed by atoms with Gasteiger partial charge in [-0.25, -0.2) is 0 Å². The van der Waals surface area contributed by atoms with Gasteiger partial charge in [0.2, 0.25) is 0 Å². The summed E-state index contributed by atoms with van der Waals surface area (Å²) in [6.07, 6.45) is 0. The van der Waals surface area contributed by atoms with Gasteiger partial charge in [0.05, 0.1) is 0 Å². The maximum Gasteiger partial charge on any atom is 0 e. The predicted octanol–water partition coefficient (Wildman–Crippen LogP) is -0.0200. The zero-order chi connectivity index (χ0) is 0. The maximum atomic E-state index is 0. The second kappa shape index (κ2) is 69.5. The Morgan fingerprint density at radius 2 is 0.125 bits per heavy atom. The molecule has 0 radical (unpaired) electrons. The van der Waals surface area contributed by atoms with Gasteiger partial charge in [-0.1, -0.05) is 0 Å². The average molecular weight is 470 g/mol. The van der Waals surface area contributed by atoms with Crippen molar-refractivity contribution in [3.05, 3.63) is 0 Å². The minimum absolute atomic E-state index is 0. The first-order valence-corrected chi connectivity index (χ1v) is 0. The van der Waals surface area contributed by atoms with Crippen molar-refractivity contribution in [1.29, 1.82) is 0 Å². The second-order valence-corrected chi connectivity index (χ2v) is 0. The van der Waals surface area contributed by atoms with Crippen LogP contribution < -0.4 is 0 Å².